The van der Waals surface area contributed by atoms with Crippen molar-refractivity contribution in [1.29, 1.82) is 0 Å². The van der Waals surface area contributed by atoms with Gasteiger partial charge in [0.25, 0.3) is 0 Å². The Morgan fingerprint density at radius 1 is 1.26 bits per heavy atom. The molecule has 0 aromatic heterocycles. The second-order valence-electron chi connectivity index (χ2n) is 7.31. The maximum absolute atomic E-state index is 12.8. The number of carbonyl (C=O) groups excluding carboxylic acids is 1. The van der Waals surface area contributed by atoms with Gasteiger partial charge in [-0.2, -0.15) is 13.2 Å². The van der Waals surface area contributed by atoms with Crippen LogP contribution in [0.15, 0.2) is 0 Å². The number of likely N-dealkylation sites (tertiary alicyclic amines) is 2. The van der Waals surface area contributed by atoms with Crippen LogP contribution in [0.5, 0.6) is 0 Å². The first-order chi connectivity index (χ1) is 10.1. The molecular weight excluding hydrogens is 331 g/mol. The molecule has 2 saturated heterocycles. The molecule has 4 nitrogen and oxygen atoms in total. The molecule has 2 aliphatic heterocycles. The third kappa shape index (κ3) is 5.22. The minimum absolute atomic E-state index is 0. The molecule has 0 spiro atoms. The number of nitrogens with two attached hydrogens (primary N) is 1. The van der Waals surface area contributed by atoms with Crippen LogP contribution in [-0.2, 0) is 4.79 Å². The van der Waals surface area contributed by atoms with Crippen molar-refractivity contribution in [2.45, 2.75) is 45.3 Å². The standard InChI is InChI=1S/C15H26F3N3O.ClH/c1-14(2)10-20(7-5-12(14)19)9-13(22)21-6-3-4-11(8-21)15(16,17)18;/h11-12H,3-10,19H2,1-2H3;1H. The summed E-state index contributed by atoms with van der Waals surface area (Å²) in [7, 11) is 0. The normalized spacial score (nSPS) is 29.0. The SMILES string of the molecule is CC1(C)CN(CC(=O)N2CCCC(C(F)(F)F)C2)CCC1N.Cl. The fraction of sp³-hybridized carbons (Fsp3) is 0.933. The summed E-state index contributed by atoms with van der Waals surface area (Å²) in [5.74, 6) is -1.57. The number of hydrogen-bond donors (Lipinski definition) is 1. The van der Waals surface area contributed by atoms with Gasteiger partial charge in [0.15, 0.2) is 0 Å². The molecule has 0 aromatic carbocycles. The van der Waals surface area contributed by atoms with Gasteiger partial charge in [-0.1, -0.05) is 13.8 Å². The van der Waals surface area contributed by atoms with E-state index < -0.39 is 12.1 Å². The Hall–Kier alpha value is -0.530. The lowest BCUT2D eigenvalue weighted by Crippen LogP contribution is -2.55. The molecule has 2 unspecified atom stereocenters. The lowest BCUT2D eigenvalue weighted by Gasteiger charge is -2.43. The second-order valence-corrected chi connectivity index (χ2v) is 7.31. The van der Waals surface area contributed by atoms with Crippen molar-refractivity contribution in [2.75, 3.05) is 32.7 Å². The first-order valence-electron chi connectivity index (χ1n) is 7.92. The molecule has 2 N–H and O–H groups in total. The molecule has 8 heteroatoms. The number of nitrogens with zero attached hydrogens (tertiary/aromatic N) is 2. The van der Waals surface area contributed by atoms with Gasteiger partial charge in [-0.3, -0.25) is 9.69 Å². The van der Waals surface area contributed by atoms with E-state index in [0.717, 1.165) is 13.0 Å². The molecule has 136 valence electrons. The van der Waals surface area contributed by atoms with Crippen LogP contribution in [0.4, 0.5) is 13.2 Å². The highest BCUT2D eigenvalue weighted by Crippen LogP contribution is 2.33. The van der Waals surface area contributed by atoms with E-state index >= 15 is 0 Å². The molecule has 0 aliphatic carbocycles. The Labute approximate surface area is 142 Å². The van der Waals surface area contributed by atoms with E-state index in [2.05, 4.69) is 13.8 Å². The van der Waals surface area contributed by atoms with Gasteiger partial charge in [0.2, 0.25) is 5.91 Å². The number of alkyl halides is 3. The molecule has 23 heavy (non-hydrogen) atoms. The number of amides is 1. The molecule has 2 atom stereocenters. The number of piperidine rings is 2. The Kier molecular flexibility index (Phi) is 6.75. The smallest absolute Gasteiger partial charge is 0.341 e. The van der Waals surface area contributed by atoms with E-state index in [1.165, 1.54) is 4.90 Å². The van der Waals surface area contributed by atoms with Crippen LogP contribution in [0.3, 0.4) is 0 Å². The van der Waals surface area contributed by atoms with Crippen molar-refractivity contribution in [2.24, 2.45) is 17.1 Å². The van der Waals surface area contributed by atoms with Crippen LogP contribution < -0.4 is 5.73 Å². The quantitative estimate of drug-likeness (QED) is 0.824. The van der Waals surface area contributed by atoms with Crippen molar-refractivity contribution < 1.29 is 18.0 Å². The maximum atomic E-state index is 12.8. The van der Waals surface area contributed by atoms with Gasteiger partial charge < -0.3 is 10.6 Å². The van der Waals surface area contributed by atoms with Crippen LogP contribution in [0.1, 0.15) is 33.1 Å². The van der Waals surface area contributed by atoms with E-state index in [1.807, 2.05) is 4.90 Å². The molecule has 2 aliphatic rings. The predicted molar refractivity (Wildman–Crippen MR) is 85.4 cm³/mol. The zero-order valence-electron chi connectivity index (χ0n) is 13.7. The topological polar surface area (TPSA) is 49.6 Å². The first kappa shape index (κ1) is 20.5. The van der Waals surface area contributed by atoms with Crippen molar-refractivity contribution in [1.82, 2.24) is 9.80 Å². The average Bonchev–Trinajstić information content (AvgIpc) is 2.42. The van der Waals surface area contributed by atoms with Crippen molar-refractivity contribution in [3.63, 3.8) is 0 Å². The molecule has 1 amide bonds. The Balaban J connectivity index is 0.00000264. The van der Waals surface area contributed by atoms with Gasteiger partial charge >= 0.3 is 6.18 Å². The molecule has 2 rings (SSSR count). The number of hydrogen-bond acceptors (Lipinski definition) is 3. The first-order valence-corrected chi connectivity index (χ1v) is 7.92. The summed E-state index contributed by atoms with van der Waals surface area (Å²) < 4.78 is 38.5. The minimum atomic E-state index is -4.21. The van der Waals surface area contributed by atoms with Crippen LogP contribution in [0.2, 0.25) is 0 Å². The lowest BCUT2D eigenvalue weighted by molar-refractivity contribution is -0.188. The summed E-state index contributed by atoms with van der Waals surface area (Å²) in [6.45, 7) is 6.00. The Bertz CT molecular complexity index is 417. The van der Waals surface area contributed by atoms with Crippen LogP contribution in [0.25, 0.3) is 0 Å². The number of rotatable bonds is 2. The molecule has 0 radical (unpaired) electrons. The van der Waals surface area contributed by atoms with Crippen molar-refractivity contribution in [3.05, 3.63) is 0 Å². The largest absolute Gasteiger partial charge is 0.393 e. The molecule has 0 aromatic rings. The summed E-state index contributed by atoms with van der Waals surface area (Å²) in [6.07, 6.45) is -2.85. The summed E-state index contributed by atoms with van der Waals surface area (Å²) in [5, 5.41) is 0. The Morgan fingerprint density at radius 2 is 1.91 bits per heavy atom. The van der Waals surface area contributed by atoms with Crippen LogP contribution >= 0.6 is 12.4 Å². The molecule has 0 bridgehead atoms. The zero-order valence-corrected chi connectivity index (χ0v) is 14.6. The molecular formula is C15H27ClF3N3O. The Morgan fingerprint density at radius 3 is 2.48 bits per heavy atom. The van der Waals surface area contributed by atoms with E-state index in [1.54, 1.807) is 0 Å². The van der Waals surface area contributed by atoms with Gasteiger partial charge in [0, 0.05) is 32.2 Å². The third-order valence-electron chi connectivity index (χ3n) is 4.99. The van der Waals surface area contributed by atoms with Gasteiger partial charge in [0.05, 0.1) is 12.5 Å². The summed E-state index contributed by atoms with van der Waals surface area (Å²) >= 11 is 0. The van der Waals surface area contributed by atoms with Crippen molar-refractivity contribution >= 4 is 18.3 Å². The minimum Gasteiger partial charge on any atom is -0.341 e. The van der Waals surface area contributed by atoms with Gasteiger partial charge in [-0.25, -0.2) is 0 Å². The van der Waals surface area contributed by atoms with Crippen molar-refractivity contribution in [3.8, 4) is 0 Å². The zero-order chi connectivity index (χ0) is 16.5. The highest BCUT2D eigenvalue weighted by atomic mass is 35.5. The molecule has 0 saturated carbocycles. The lowest BCUT2D eigenvalue weighted by atomic mass is 9.80. The molecule has 2 fully saturated rings. The monoisotopic (exact) mass is 357 g/mol. The fourth-order valence-corrected chi connectivity index (χ4v) is 3.38. The summed E-state index contributed by atoms with van der Waals surface area (Å²) in [4.78, 5) is 15.7. The number of carbonyl (C=O) groups is 1. The van der Waals surface area contributed by atoms with E-state index in [0.29, 0.717) is 19.5 Å². The van der Waals surface area contributed by atoms with Crippen LogP contribution in [0, 0.1) is 11.3 Å². The highest BCUT2D eigenvalue weighted by molar-refractivity contribution is 5.85. The maximum Gasteiger partial charge on any atom is 0.393 e. The van der Waals surface area contributed by atoms with Gasteiger partial charge in [-0.05, 0) is 24.7 Å². The van der Waals surface area contributed by atoms with Crippen LogP contribution in [-0.4, -0.2) is 60.6 Å². The van der Waals surface area contributed by atoms with E-state index in [-0.39, 0.29) is 49.3 Å². The van der Waals surface area contributed by atoms with Gasteiger partial charge in [0.1, 0.15) is 0 Å². The average molecular weight is 358 g/mol. The molecule has 2 heterocycles. The summed E-state index contributed by atoms with van der Waals surface area (Å²) in [6, 6.07) is 0.100. The predicted octanol–water partition coefficient (Wildman–Crippen LogP) is 2.27. The fourth-order valence-electron chi connectivity index (χ4n) is 3.38. The number of halogens is 4. The second kappa shape index (κ2) is 7.57. The summed E-state index contributed by atoms with van der Waals surface area (Å²) in [5.41, 5.74) is 5.99. The van der Waals surface area contributed by atoms with Gasteiger partial charge in [-0.15, -0.1) is 12.4 Å². The highest BCUT2D eigenvalue weighted by Gasteiger charge is 2.43. The van der Waals surface area contributed by atoms with E-state index in [4.69, 9.17) is 5.73 Å². The third-order valence-corrected chi connectivity index (χ3v) is 4.99. The van der Waals surface area contributed by atoms with E-state index in [9.17, 15) is 18.0 Å².